The van der Waals surface area contributed by atoms with Gasteiger partial charge in [-0.25, -0.2) is 0 Å². The van der Waals surface area contributed by atoms with Crippen LogP contribution in [-0.4, -0.2) is 40.8 Å². The van der Waals surface area contributed by atoms with Crippen LogP contribution < -0.4 is 23.7 Å². The first-order valence-corrected chi connectivity index (χ1v) is 10.2. The number of ketones is 1. The second-order valence-corrected chi connectivity index (χ2v) is 7.16. The molecule has 0 aliphatic heterocycles. The summed E-state index contributed by atoms with van der Waals surface area (Å²) < 4.78 is 33.0. The monoisotopic (exact) mass is 448 g/mol. The van der Waals surface area contributed by atoms with E-state index in [4.69, 9.17) is 28.1 Å². The van der Waals surface area contributed by atoms with Crippen molar-refractivity contribution in [2.45, 2.75) is 0 Å². The van der Waals surface area contributed by atoms with Gasteiger partial charge >= 0.3 is 0 Å². The van der Waals surface area contributed by atoms with Crippen LogP contribution in [0.25, 0.3) is 22.1 Å². The maximum absolute atomic E-state index is 12.5. The topological polar surface area (TPSA) is 76.4 Å². The number of Topliss-reactive ketones (excluding diaryl/α,β-unsaturated/α-hetero) is 1. The number of methoxy groups -OCH3 is 4. The molecule has 4 aromatic rings. The van der Waals surface area contributed by atoms with E-state index in [1.807, 2.05) is 24.3 Å². The molecule has 1 heterocycles. The van der Waals surface area contributed by atoms with Crippen LogP contribution in [0.2, 0.25) is 0 Å². The van der Waals surface area contributed by atoms with Gasteiger partial charge in [-0.05, 0) is 60.2 Å². The van der Waals surface area contributed by atoms with E-state index in [1.54, 1.807) is 65.0 Å². The van der Waals surface area contributed by atoms with Gasteiger partial charge in [-0.3, -0.25) is 4.79 Å². The lowest BCUT2D eigenvalue weighted by atomic mass is 10.0. The maximum Gasteiger partial charge on any atom is 0.203 e. The van der Waals surface area contributed by atoms with Crippen molar-refractivity contribution in [3.05, 3.63) is 66.4 Å². The highest BCUT2D eigenvalue weighted by Gasteiger charge is 2.17. The molecule has 0 bridgehead atoms. The van der Waals surface area contributed by atoms with Crippen molar-refractivity contribution in [2.24, 2.45) is 0 Å². The molecular formula is C26H24O7. The first-order chi connectivity index (χ1) is 16.1. The number of hydrogen-bond acceptors (Lipinski definition) is 7. The lowest BCUT2D eigenvalue weighted by Gasteiger charge is -2.13. The van der Waals surface area contributed by atoms with E-state index in [-0.39, 0.29) is 12.4 Å². The fourth-order valence-corrected chi connectivity index (χ4v) is 3.57. The molecule has 0 aliphatic carbocycles. The van der Waals surface area contributed by atoms with E-state index in [1.165, 1.54) is 0 Å². The maximum atomic E-state index is 12.5. The molecule has 0 radical (unpaired) electrons. The standard InChI is InChI=1S/C26H24O7/c1-28-18-7-5-16(6-8-18)22(27)15-32-19-9-10-23-20(13-19)21(14-33-23)17-11-24(29-2)26(31-4)25(12-17)30-3/h5-14H,15H2,1-4H3. The Morgan fingerprint density at radius 3 is 2.06 bits per heavy atom. The number of hydrogen-bond donors (Lipinski definition) is 0. The van der Waals surface area contributed by atoms with Crippen molar-refractivity contribution < 1.29 is 32.9 Å². The first-order valence-electron chi connectivity index (χ1n) is 10.2. The summed E-state index contributed by atoms with van der Waals surface area (Å²) in [5.41, 5.74) is 2.90. The molecule has 7 heteroatoms. The van der Waals surface area contributed by atoms with E-state index in [0.717, 1.165) is 16.5 Å². The minimum Gasteiger partial charge on any atom is -0.497 e. The molecule has 0 amide bonds. The molecule has 1 aromatic heterocycles. The molecule has 0 saturated heterocycles. The minimum absolute atomic E-state index is 0.0881. The predicted molar refractivity (Wildman–Crippen MR) is 124 cm³/mol. The molecule has 0 atom stereocenters. The third-order valence-electron chi connectivity index (χ3n) is 5.30. The van der Waals surface area contributed by atoms with Crippen LogP contribution in [0, 0.1) is 0 Å². The van der Waals surface area contributed by atoms with Crippen molar-refractivity contribution in [1.82, 2.24) is 0 Å². The average molecular weight is 448 g/mol. The largest absolute Gasteiger partial charge is 0.497 e. The van der Waals surface area contributed by atoms with E-state index < -0.39 is 0 Å². The number of ether oxygens (including phenoxy) is 5. The Hall–Kier alpha value is -4.13. The van der Waals surface area contributed by atoms with E-state index in [2.05, 4.69) is 0 Å². The molecule has 0 saturated carbocycles. The molecule has 7 nitrogen and oxygen atoms in total. The molecule has 33 heavy (non-hydrogen) atoms. The highest BCUT2D eigenvalue weighted by atomic mass is 16.5. The van der Waals surface area contributed by atoms with E-state index in [9.17, 15) is 4.79 Å². The molecule has 0 spiro atoms. The lowest BCUT2D eigenvalue weighted by Crippen LogP contribution is -2.11. The fourth-order valence-electron chi connectivity index (χ4n) is 3.57. The second-order valence-electron chi connectivity index (χ2n) is 7.16. The van der Waals surface area contributed by atoms with Gasteiger partial charge in [-0.2, -0.15) is 0 Å². The molecule has 170 valence electrons. The highest BCUT2D eigenvalue weighted by molar-refractivity contribution is 5.98. The molecule has 0 N–H and O–H groups in total. The van der Waals surface area contributed by atoms with Crippen molar-refractivity contribution in [3.8, 4) is 39.9 Å². The van der Waals surface area contributed by atoms with Crippen LogP contribution in [0.4, 0.5) is 0 Å². The normalized spacial score (nSPS) is 10.7. The molecule has 0 unspecified atom stereocenters. The average Bonchev–Trinajstić information content (AvgIpc) is 3.29. The number of rotatable bonds is 9. The summed E-state index contributed by atoms with van der Waals surface area (Å²) >= 11 is 0. The minimum atomic E-state index is -0.130. The summed E-state index contributed by atoms with van der Waals surface area (Å²) in [4.78, 5) is 12.5. The summed E-state index contributed by atoms with van der Waals surface area (Å²) in [6.07, 6.45) is 1.66. The third kappa shape index (κ3) is 4.43. The van der Waals surface area contributed by atoms with Crippen molar-refractivity contribution >= 4 is 16.8 Å². The van der Waals surface area contributed by atoms with Gasteiger partial charge in [0.25, 0.3) is 0 Å². The molecular weight excluding hydrogens is 424 g/mol. The Bertz CT molecular complexity index is 1250. The Labute approximate surface area is 191 Å². The number of carbonyl (C=O) groups is 1. The van der Waals surface area contributed by atoms with Gasteiger partial charge in [-0.1, -0.05) is 0 Å². The Morgan fingerprint density at radius 1 is 0.788 bits per heavy atom. The Kier molecular flexibility index (Phi) is 6.40. The molecule has 4 rings (SSSR count). The highest BCUT2D eigenvalue weighted by Crippen LogP contribution is 2.43. The third-order valence-corrected chi connectivity index (χ3v) is 5.30. The van der Waals surface area contributed by atoms with Crippen LogP contribution in [-0.2, 0) is 0 Å². The van der Waals surface area contributed by atoms with Gasteiger partial charge in [0.1, 0.15) is 17.1 Å². The second kappa shape index (κ2) is 9.56. The van der Waals surface area contributed by atoms with Crippen LogP contribution in [0.5, 0.6) is 28.7 Å². The zero-order chi connectivity index (χ0) is 23.4. The van der Waals surface area contributed by atoms with Gasteiger partial charge in [0, 0.05) is 16.5 Å². The Balaban J connectivity index is 1.61. The molecule has 0 aliphatic rings. The van der Waals surface area contributed by atoms with Crippen molar-refractivity contribution in [2.75, 3.05) is 35.0 Å². The van der Waals surface area contributed by atoms with E-state index in [0.29, 0.717) is 39.9 Å². The van der Waals surface area contributed by atoms with E-state index >= 15 is 0 Å². The predicted octanol–water partition coefficient (Wildman–Crippen LogP) is 5.40. The van der Waals surface area contributed by atoms with Crippen LogP contribution in [0.3, 0.4) is 0 Å². The van der Waals surface area contributed by atoms with Crippen LogP contribution in [0.15, 0.2) is 65.3 Å². The smallest absolute Gasteiger partial charge is 0.203 e. The summed E-state index contributed by atoms with van der Waals surface area (Å²) in [6.45, 7) is -0.0881. The molecule has 0 fully saturated rings. The summed E-state index contributed by atoms with van der Waals surface area (Å²) in [7, 11) is 6.28. The van der Waals surface area contributed by atoms with Gasteiger partial charge in [0.2, 0.25) is 5.75 Å². The number of benzene rings is 3. The van der Waals surface area contributed by atoms with Gasteiger partial charge in [0.15, 0.2) is 23.9 Å². The summed E-state index contributed by atoms with van der Waals surface area (Å²) in [6, 6.07) is 16.1. The summed E-state index contributed by atoms with van der Waals surface area (Å²) in [5.74, 6) is 2.71. The number of furan rings is 1. The van der Waals surface area contributed by atoms with Gasteiger partial charge in [-0.15, -0.1) is 0 Å². The molecule has 3 aromatic carbocycles. The van der Waals surface area contributed by atoms with Crippen molar-refractivity contribution in [1.29, 1.82) is 0 Å². The zero-order valence-corrected chi connectivity index (χ0v) is 18.8. The fraction of sp³-hybridized carbons (Fsp3) is 0.192. The number of fused-ring (bicyclic) bond motifs is 1. The summed E-state index contributed by atoms with van der Waals surface area (Å²) in [5, 5.41) is 0.832. The quantitative estimate of drug-likeness (QED) is 0.318. The van der Waals surface area contributed by atoms with Gasteiger partial charge < -0.3 is 28.1 Å². The van der Waals surface area contributed by atoms with Gasteiger partial charge in [0.05, 0.1) is 34.7 Å². The zero-order valence-electron chi connectivity index (χ0n) is 18.8. The van der Waals surface area contributed by atoms with Crippen molar-refractivity contribution in [3.63, 3.8) is 0 Å². The lowest BCUT2D eigenvalue weighted by molar-refractivity contribution is 0.0921. The van der Waals surface area contributed by atoms with Crippen LogP contribution >= 0.6 is 0 Å². The first kappa shape index (κ1) is 22.1. The van der Waals surface area contributed by atoms with Crippen LogP contribution in [0.1, 0.15) is 10.4 Å². The Morgan fingerprint density at radius 2 is 1.45 bits per heavy atom. The SMILES string of the molecule is COc1ccc(C(=O)COc2ccc3occ(-c4cc(OC)c(OC)c(OC)c4)c3c2)cc1. The number of carbonyl (C=O) groups excluding carboxylic acids is 1.